The van der Waals surface area contributed by atoms with Crippen LogP contribution in [-0.2, 0) is 16.2 Å². The highest BCUT2D eigenvalue weighted by Gasteiger charge is 2.47. The van der Waals surface area contributed by atoms with Crippen LogP contribution >= 0.6 is 0 Å². The van der Waals surface area contributed by atoms with E-state index in [-0.39, 0.29) is 23.0 Å². The fourth-order valence-electron chi connectivity index (χ4n) is 21.0. The standard InChI is InChI=1S/C112H83BN4/c1-110(2,3)76-58-85(67-29-16-11-17-30-67)108(86(59-76)68-31-18-12-19-32-68)116-95-64-79(114-91-53-45-70-35-23-41-81-82-42-24-36-71-46-54-92(114)104(100(71)82)103(91)99(70)81)49-51-89(95)113-90-52-50-80(115-93-55-47-72-37-25-43-83-84-44-26-38-73-48-56-94(115)106(102(73)84)105(93)101(72)83)65-96(90)117(98-63-78(112(7,8)9)62-97(116)107(98)113)109-87(69-33-20-13-21-34-69)60-77(111(4,5)6)61-88(109)75-40-22-39-74(57-75)66-27-14-10-15-28-66/h10-65H,1-9H3. The first-order valence-corrected chi connectivity index (χ1v) is 41.6. The number of hydrogen-bond acceptors (Lipinski definition) is 2. The topological polar surface area (TPSA) is 16.3 Å². The van der Waals surface area contributed by atoms with Crippen LogP contribution in [0.2, 0.25) is 0 Å². The summed E-state index contributed by atoms with van der Waals surface area (Å²) in [7, 11) is 0. The van der Waals surface area contributed by atoms with Gasteiger partial charge >= 0.3 is 0 Å². The van der Waals surface area contributed by atoms with E-state index in [0.29, 0.717) is 0 Å². The smallest absolute Gasteiger partial charge is 0.252 e. The molecule has 0 fully saturated rings. The van der Waals surface area contributed by atoms with Gasteiger partial charge in [-0.1, -0.05) is 311 Å². The van der Waals surface area contributed by atoms with E-state index in [2.05, 4.69) is 421 Å². The van der Waals surface area contributed by atoms with E-state index in [1.54, 1.807) is 0 Å². The number of anilines is 6. The number of fused-ring (bicyclic) bond motifs is 6. The molecule has 0 radical (unpaired) electrons. The molecule has 2 aliphatic heterocycles. The average Bonchev–Trinajstić information content (AvgIpc) is 1.68. The molecule has 117 heavy (non-hydrogen) atoms. The first-order valence-electron chi connectivity index (χ1n) is 41.6. The summed E-state index contributed by atoms with van der Waals surface area (Å²) in [6.07, 6.45) is 0. The molecule has 4 nitrogen and oxygen atoms in total. The normalized spacial score (nSPS) is 13.3. The second-order valence-corrected chi connectivity index (χ2v) is 36.3. The van der Waals surface area contributed by atoms with Crippen LogP contribution in [-0.4, -0.2) is 15.8 Å². The number of rotatable bonds is 9. The van der Waals surface area contributed by atoms with Crippen LogP contribution in [0.25, 0.3) is 175 Å². The second kappa shape index (κ2) is 24.4. The van der Waals surface area contributed by atoms with Gasteiger partial charge in [-0.15, -0.1) is 0 Å². The van der Waals surface area contributed by atoms with Crippen LogP contribution in [0.5, 0.6) is 0 Å². The summed E-state index contributed by atoms with van der Waals surface area (Å²) >= 11 is 0. The number of aromatic nitrogens is 2. The Labute approximate surface area is 681 Å². The van der Waals surface area contributed by atoms with Gasteiger partial charge in [-0.2, -0.15) is 0 Å². The van der Waals surface area contributed by atoms with Crippen molar-refractivity contribution in [3.8, 4) is 67.0 Å². The highest BCUT2D eigenvalue weighted by atomic mass is 15.2. The van der Waals surface area contributed by atoms with Crippen molar-refractivity contribution >= 4 is 165 Å². The molecule has 2 aliphatic rings. The van der Waals surface area contributed by atoms with Gasteiger partial charge in [-0.3, -0.25) is 0 Å². The fourth-order valence-corrected chi connectivity index (χ4v) is 21.0. The minimum atomic E-state index is -0.370. The van der Waals surface area contributed by atoms with Crippen molar-refractivity contribution in [2.75, 3.05) is 9.80 Å². The Morgan fingerprint density at radius 1 is 0.222 bits per heavy atom. The van der Waals surface area contributed by atoms with Crippen LogP contribution in [0, 0.1) is 0 Å². The van der Waals surface area contributed by atoms with Gasteiger partial charge in [-0.05, 0) is 238 Å². The largest absolute Gasteiger partial charge is 0.310 e. The van der Waals surface area contributed by atoms with Crippen molar-refractivity contribution in [1.29, 1.82) is 0 Å². The molecule has 5 heteroatoms. The molecule has 0 bridgehead atoms. The molecule has 24 rings (SSSR count). The zero-order valence-electron chi connectivity index (χ0n) is 67.2. The summed E-state index contributed by atoms with van der Waals surface area (Å²) in [5.41, 5.74) is 32.1. The van der Waals surface area contributed by atoms with Crippen LogP contribution in [0.4, 0.5) is 34.1 Å². The lowest BCUT2D eigenvalue weighted by molar-refractivity contribution is 0.590. The van der Waals surface area contributed by atoms with Crippen molar-refractivity contribution in [3.63, 3.8) is 0 Å². The second-order valence-electron chi connectivity index (χ2n) is 36.3. The maximum Gasteiger partial charge on any atom is 0.252 e. The van der Waals surface area contributed by atoms with Crippen LogP contribution < -0.4 is 26.2 Å². The van der Waals surface area contributed by atoms with Crippen LogP contribution in [0.3, 0.4) is 0 Å². The number of hydrogen-bond donors (Lipinski definition) is 0. The Morgan fingerprint density at radius 3 is 0.863 bits per heavy atom. The molecule has 0 N–H and O–H groups in total. The summed E-state index contributed by atoms with van der Waals surface area (Å²) in [6, 6.07) is 132. The van der Waals surface area contributed by atoms with E-state index in [9.17, 15) is 0 Å². The lowest BCUT2D eigenvalue weighted by atomic mass is 9.33. The summed E-state index contributed by atoms with van der Waals surface area (Å²) in [4.78, 5) is 5.55. The molecule has 2 aromatic heterocycles. The maximum absolute atomic E-state index is 2.78. The SMILES string of the molecule is CC(C)(C)c1cc(-c2ccccc2)c(N2c3cc(-n4c5ccc6cccc7c8cccc9ccc4c(c98)c5c67)ccc3B3c4ccc(-n5c6ccc7cccc8c9cccc%10ccc5c(c%109)c6c78)cc4N(c4c(-c5ccccc5)cc(C(C)(C)C)cc4-c4cccc(-c5ccccc5)c4)c4cc(C(C)(C)C)cc2c43)c(-c2ccccc2)c1. The molecule has 0 spiro atoms. The van der Waals surface area contributed by atoms with Gasteiger partial charge in [-0.25, -0.2) is 0 Å². The zero-order valence-corrected chi connectivity index (χ0v) is 67.2. The third-order valence-corrected chi connectivity index (χ3v) is 26.5. The molecule has 0 saturated carbocycles. The molecule has 20 aromatic carbocycles. The highest BCUT2D eigenvalue weighted by Crippen LogP contribution is 2.58. The Bertz CT molecular complexity index is 7590. The van der Waals surface area contributed by atoms with Crippen LogP contribution in [0.15, 0.2) is 340 Å². The molecule has 0 unspecified atom stereocenters. The van der Waals surface area contributed by atoms with Gasteiger partial charge in [0.15, 0.2) is 0 Å². The van der Waals surface area contributed by atoms with Gasteiger partial charge in [0.2, 0.25) is 0 Å². The third kappa shape index (κ3) is 9.78. The Balaban J connectivity index is 0.877. The van der Waals surface area contributed by atoms with E-state index in [1.807, 2.05) is 0 Å². The van der Waals surface area contributed by atoms with Crippen molar-refractivity contribution in [2.24, 2.45) is 0 Å². The van der Waals surface area contributed by atoms with Crippen molar-refractivity contribution in [1.82, 2.24) is 9.13 Å². The fraction of sp³-hybridized carbons (Fsp3) is 0.107. The van der Waals surface area contributed by atoms with Crippen molar-refractivity contribution in [3.05, 3.63) is 356 Å². The molecule has 0 atom stereocenters. The average molecular weight is 1500 g/mol. The van der Waals surface area contributed by atoms with Gasteiger partial charge in [0.1, 0.15) is 0 Å². The Kier molecular flexibility index (Phi) is 14.1. The van der Waals surface area contributed by atoms with Crippen molar-refractivity contribution < 1.29 is 0 Å². The number of benzene rings is 20. The summed E-state index contributed by atoms with van der Waals surface area (Å²) in [5, 5.41) is 20.8. The molecule has 0 amide bonds. The van der Waals surface area contributed by atoms with E-state index < -0.39 is 0 Å². The molecule has 22 aromatic rings. The van der Waals surface area contributed by atoms with E-state index in [1.165, 1.54) is 164 Å². The molecule has 554 valence electrons. The monoisotopic (exact) mass is 1490 g/mol. The first-order chi connectivity index (χ1) is 57.0. The van der Waals surface area contributed by atoms with Gasteiger partial charge in [0, 0.05) is 77.9 Å². The van der Waals surface area contributed by atoms with Gasteiger partial charge in [0.25, 0.3) is 6.71 Å². The summed E-state index contributed by atoms with van der Waals surface area (Å²) in [6.45, 7) is 21.2. The summed E-state index contributed by atoms with van der Waals surface area (Å²) in [5.74, 6) is 0. The highest BCUT2D eigenvalue weighted by molar-refractivity contribution is 7.00. The van der Waals surface area contributed by atoms with E-state index >= 15 is 0 Å². The minimum Gasteiger partial charge on any atom is -0.310 e. The molecule has 4 heterocycles. The van der Waals surface area contributed by atoms with Crippen LogP contribution in [0.1, 0.15) is 79.0 Å². The molecular formula is C112H83BN4. The summed E-state index contributed by atoms with van der Waals surface area (Å²) < 4.78 is 5.22. The first kappa shape index (κ1) is 67.7. The van der Waals surface area contributed by atoms with E-state index in [4.69, 9.17) is 0 Å². The van der Waals surface area contributed by atoms with Gasteiger partial charge in [0.05, 0.1) is 33.4 Å². The lowest BCUT2D eigenvalue weighted by Crippen LogP contribution is -2.61. The molecule has 0 saturated heterocycles. The Hall–Kier alpha value is -13.7. The predicted molar refractivity (Wildman–Crippen MR) is 502 cm³/mol. The molecule has 0 aliphatic carbocycles. The predicted octanol–water partition coefficient (Wildman–Crippen LogP) is 28.9. The van der Waals surface area contributed by atoms with Crippen molar-refractivity contribution in [2.45, 2.75) is 78.6 Å². The molecular weight excluding hydrogens is 1410 g/mol. The third-order valence-electron chi connectivity index (χ3n) is 26.5. The zero-order chi connectivity index (χ0) is 78.4. The quantitative estimate of drug-likeness (QED) is 0.0813. The maximum atomic E-state index is 2.78. The van der Waals surface area contributed by atoms with E-state index in [0.717, 1.165) is 78.9 Å². The minimum absolute atomic E-state index is 0.216. The number of nitrogens with zero attached hydrogens (tertiary/aromatic N) is 4. The Morgan fingerprint density at radius 2 is 0.521 bits per heavy atom. The van der Waals surface area contributed by atoms with Gasteiger partial charge < -0.3 is 18.9 Å². The lowest BCUT2D eigenvalue weighted by Gasteiger charge is -2.47.